The highest BCUT2D eigenvalue weighted by Gasteiger charge is 2.24. The molecule has 0 saturated carbocycles. The maximum atomic E-state index is 13.1. The molecule has 2 amide bonds. The van der Waals surface area contributed by atoms with Gasteiger partial charge in [0.2, 0.25) is 5.43 Å². The third-order valence-corrected chi connectivity index (χ3v) is 6.31. The summed E-state index contributed by atoms with van der Waals surface area (Å²) in [6.07, 6.45) is 7.22. The molecule has 3 rings (SSSR count). The van der Waals surface area contributed by atoms with E-state index < -0.39 is 11.3 Å². The van der Waals surface area contributed by atoms with Crippen LogP contribution in [0.4, 0.5) is 0 Å². The lowest BCUT2D eigenvalue weighted by molar-refractivity contribution is 0.0759. The van der Waals surface area contributed by atoms with E-state index in [-0.39, 0.29) is 23.6 Å². The van der Waals surface area contributed by atoms with E-state index in [4.69, 9.17) is 11.6 Å². The van der Waals surface area contributed by atoms with Crippen molar-refractivity contribution in [1.29, 1.82) is 0 Å². The van der Waals surface area contributed by atoms with Crippen molar-refractivity contribution in [3.63, 3.8) is 0 Å². The number of carbonyl (C=O) groups excluding carboxylic acids is 2. The van der Waals surface area contributed by atoms with E-state index in [0.29, 0.717) is 29.9 Å². The molecule has 2 aromatic heterocycles. The third-order valence-electron chi connectivity index (χ3n) is 5.08. The Balaban J connectivity index is 1.89. The van der Waals surface area contributed by atoms with Crippen LogP contribution in [-0.2, 0) is 13.1 Å². The van der Waals surface area contributed by atoms with E-state index in [1.807, 2.05) is 6.07 Å². The fourth-order valence-corrected chi connectivity index (χ4v) is 4.65. The van der Waals surface area contributed by atoms with Crippen LogP contribution in [-0.4, -0.2) is 34.4 Å². The van der Waals surface area contributed by atoms with E-state index >= 15 is 0 Å². The van der Waals surface area contributed by atoms with Crippen LogP contribution in [0.1, 0.15) is 65.1 Å². The number of hydrogen-bond donors (Lipinski definition) is 1. The molecule has 0 spiro atoms. The van der Waals surface area contributed by atoms with E-state index in [9.17, 15) is 14.4 Å². The maximum absolute atomic E-state index is 13.1. The zero-order chi connectivity index (χ0) is 21.7. The van der Waals surface area contributed by atoms with Crippen LogP contribution >= 0.6 is 22.9 Å². The maximum Gasteiger partial charge on any atom is 0.259 e. The van der Waals surface area contributed by atoms with Crippen LogP contribution < -0.4 is 10.7 Å². The Kier molecular flexibility index (Phi) is 7.72. The fourth-order valence-electron chi connectivity index (χ4n) is 3.63. The van der Waals surface area contributed by atoms with Gasteiger partial charge in [0.25, 0.3) is 11.8 Å². The average Bonchev–Trinajstić information content (AvgIpc) is 2.94. The predicted octanol–water partition coefficient (Wildman–Crippen LogP) is 4.17. The summed E-state index contributed by atoms with van der Waals surface area (Å²) in [5.74, 6) is -0.454. The molecule has 0 radical (unpaired) electrons. The summed E-state index contributed by atoms with van der Waals surface area (Å²) in [6, 6.07) is 3.60. The predicted molar refractivity (Wildman–Crippen MR) is 120 cm³/mol. The first kappa shape index (κ1) is 22.6. The largest absolute Gasteiger partial charge is 0.352 e. The number of rotatable bonds is 6. The topological polar surface area (TPSA) is 71.4 Å². The van der Waals surface area contributed by atoms with Crippen LogP contribution in [0.5, 0.6) is 0 Å². The summed E-state index contributed by atoms with van der Waals surface area (Å²) in [4.78, 5) is 41.7. The summed E-state index contributed by atoms with van der Waals surface area (Å²) < 4.78 is 2.43. The van der Waals surface area contributed by atoms with Gasteiger partial charge in [-0.1, -0.05) is 38.3 Å². The molecule has 6 nitrogen and oxygen atoms in total. The van der Waals surface area contributed by atoms with Gasteiger partial charge in [0.1, 0.15) is 11.1 Å². The molecule has 1 saturated heterocycles. The number of likely N-dealkylation sites (tertiary alicyclic amines) is 1. The normalized spacial score (nSPS) is 14.6. The highest BCUT2D eigenvalue weighted by molar-refractivity contribution is 7.16. The Morgan fingerprint density at radius 1 is 1.10 bits per heavy atom. The van der Waals surface area contributed by atoms with Crippen LogP contribution in [0.25, 0.3) is 0 Å². The molecule has 0 aromatic carbocycles. The number of pyridine rings is 1. The molecule has 162 valence electrons. The number of nitrogens with zero attached hydrogens (tertiary/aromatic N) is 2. The number of amides is 2. The smallest absolute Gasteiger partial charge is 0.259 e. The number of nitrogens with one attached hydrogen (secondary N) is 1. The molecule has 0 bridgehead atoms. The molecule has 0 aliphatic carbocycles. The summed E-state index contributed by atoms with van der Waals surface area (Å²) >= 11 is 7.31. The van der Waals surface area contributed by atoms with Crippen molar-refractivity contribution in [2.45, 2.75) is 52.6 Å². The lowest BCUT2D eigenvalue weighted by Crippen LogP contribution is -2.38. The van der Waals surface area contributed by atoms with E-state index in [0.717, 1.165) is 30.6 Å². The van der Waals surface area contributed by atoms with E-state index in [1.165, 1.54) is 11.3 Å². The number of aromatic nitrogens is 1. The number of carbonyl (C=O) groups is 2. The third kappa shape index (κ3) is 5.73. The molecular formula is C22H28ClN3O3S. The number of halogens is 1. The molecule has 30 heavy (non-hydrogen) atoms. The van der Waals surface area contributed by atoms with Gasteiger partial charge in [-0.25, -0.2) is 0 Å². The first-order chi connectivity index (χ1) is 14.3. The summed E-state index contributed by atoms with van der Waals surface area (Å²) in [5.41, 5.74) is -0.436. The Hall–Kier alpha value is -2.12. The Morgan fingerprint density at radius 2 is 1.77 bits per heavy atom. The lowest BCUT2D eigenvalue weighted by atomic mass is 10.1. The second-order valence-electron chi connectivity index (χ2n) is 8.10. The van der Waals surface area contributed by atoms with Gasteiger partial charge in [-0.3, -0.25) is 14.4 Å². The number of thiophene rings is 1. The molecule has 3 heterocycles. The average molecular weight is 450 g/mol. The van der Waals surface area contributed by atoms with Crippen molar-refractivity contribution >= 4 is 34.8 Å². The van der Waals surface area contributed by atoms with Crippen LogP contribution in [0.3, 0.4) is 0 Å². The van der Waals surface area contributed by atoms with Crippen molar-refractivity contribution in [2.75, 3.05) is 13.1 Å². The van der Waals surface area contributed by atoms with Crippen molar-refractivity contribution in [1.82, 2.24) is 14.8 Å². The molecule has 1 fully saturated rings. The minimum atomic E-state index is -0.508. The first-order valence-electron chi connectivity index (χ1n) is 10.4. The van der Waals surface area contributed by atoms with E-state index in [2.05, 4.69) is 19.2 Å². The highest BCUT2D eigenvalue weighted by atomic mass is 35.5. The summed E-state index contributed by atoms with van der Waals surface area (Å²) in [5, 5.41) is 2.78. The van der Waals surface area contributed by atoms with Gasteiger partial charge in [0, 0.05) is 36.9 Å². The van der Waals surface area contributed by atoms with Gasteiger partial charge in [-0.05, 0) is 30.9 Å². The van der Waals surface area contributed by atoms with Crippen LogP contribution in [0, 0.1) is 5.92 Å². The first-order valence-corrected chi connectivity index (χ1v) is 11.6. The van der Waals surface area contributed by atoms with Gasteiger partial charge in [-0.15, -0.1) is 11.3 Å². The van der Waals surface area contributed by atoms with Gasteiger partial charge < -0.3 is 14.8 Å². The lowest BCUT2D eigenvalue weighted by Gasteiger charge is -2.21. The Labute approximate surface area is 185 Å². The van der Waals surface area contributed by atoms with Gasteiger partial charge in [0.05, 0.1) is 10.9 Å². The van der Waals surface area contributed by atoms with Gasteiger partial charge in [-0.2, -0.15) is 0 Å². The van der Waals surface area contributed by atoms with Gasteiger partial charge >= 0.3 is 0 Å². The summed E-state index contributed by atoms with van der Waals surface area (Å²) in [6.45, 7) is 6.30. The summed E-state index contributed by atoms with van der Waals surface area (Å²) in [7, 11) is 0. The molecule has 0 atom stereocenters. The molecule has 0 unspecified atom stereocenters. The highest BCUT2D eigenvalue weighted by Crippen LogP contribution is 2.21. The minimum absolute atomic E-state index is 0.000949. The second-order valence-corrected chi connectivity index (χ2v) is 9.90. The van der Waals surface area contributed by atoms with Crippen LogP contribution in [0.2, 0.25) is 4.34 Å². The molecule has 1 N–H and O–H groups in total. The van der Waals surface area contributed by atoms with Crippen LogP contribution in [0.15, 0.2) is 29.3 Å². The molecule has 8 heteroatoms. The van der Waals surface area contributed by atoms with Crippen molar-refractivity contribution in [3.05, 3.63) is 55.1 Å². The zero-order valence-corrected chi connectivity index (χ0v) is 19.0. The molecule has 2 aromatic rings. The van der Waals surface area contributed by atoms with Crippen molar-refractivity contribution in [3.8, 4) is 0 Å². The molecule has 1 aliphatic heterocycles. The van der Waals surface area contributed by atoms with Gasteiger partial charge in [0.15, 0.2) is 0 Å². The standard InChI is InChI=1S/C22H28ClN3O3S/c1-15(2)12-25-13-17(21(28)24-11-16-7-8-19(23)30-16)20(27)18(14-25)22(29)26-9-5-3-4-6-10-26/h7-8,13-15H,3-6,9-12H2,1-2H3,(H,24,28). The fraction of sp³-hybridized carbons (Fsp3) is 0.500. The Bertz CT molecular complexity index is 959. The SMILES string of the molecule is CC(C)Cn1cc(C(=O)NCc2ccc(Cl)s2)c(=O)c(C(=O)N2CCCCCC2)c1. The number of hydrogen-bond acceptors (Lipinski definition) is 4. The molecular weight excluding hydrogens is 422 g/mol. The molecule has 1 aliphatic rings. The van der Waals surface area contributed by atoms with Crippen molar-refractivity contribution in [2.24, 2.45) is 5.92 Å². The Morgan fingerprint density at radius 3 is 2.37 bits per heavy atom. The monoisotopic (exact) mass is 449 g/mol. The second kappa shape index (κ2) is 10.3. The zero-order valence-electron chi connectivity index (χ0n) is 17.4. The van der Waals surface area contributed by atoms with E-state index in [1.54, 1.807) is 27.9 Å². The minimum Gasteiger partial charge on any atom is -0.352 e. The van der Waals surface area contributed by atoms with Crippen molar-refractivity contribution < 1.29 is 9.59 Å². The quantitative estimate of drug-likeness (QED) is 0.719.